The van der Waals surface area contributed by atoms with E-state index in [0.717, 1.165) is 25.2 Å². The lowest BCUT2D eigenvalue weighted by Gasteiger charge is -2.24. The Bertz CT molecular complexity index is 601. The molecule has 0 atom stereocenters. The molecule has 0 spiro atoms. The standard InChI is InChI=1S/C16H25N3O2S/c1-16(8-2-3-9-16)13-18-15-7-6-14(12-17-15)22(20,21)19-10-4-5-11-19/h6-7,12H,2-5,8-11,13H2,1H3,(H,17,18). The quantitative estimate of drug-likeness (QED) is 0.905. The molecule has 5 nitrogen and oxygen atoms in total. The maximum absolute atomic E-state index is 12.4. The van der Waals surface area contributed by atoms with Gasteiger partial charge in [0, 0.05) is 25.8 Å². The van der Waals surface area contributed by atoms with E-state index in [2.05, 4.69) is 17.2 Å². The molecule has 0 amide bonds. The highest BCUT2D eigenvalue weighted by Gasteiger charge is 2.29. The summed E-state index contributed by atoms with van der Waals surface area (Å²) in [7, 11) is -3.36. The van der Waals surface area contributed by atoms with Crippen molar-refractivity contribution in [2.45, 2.75) is 50.3 Å². The number of anilines is 1. The van der Waals surface area contributed by atoms with Crippen molar-refractivity contribution in [1.82, 2.24) is 9.29 Å². The van der Waals surface area contributed by atoms with Gasteiger partial charge in [-0.15, -0.1) is 0 Å². The van der Waals surface area contributed by atoms with Crippen molar-refractivity contribution in [3.8, 4) is 0 Å². The Kier molecular flexibility index (Phi) is 4.41. The number of nitrogens with one attached hydrogen (secondary N) is 1. The summed E-state index contributed by atoms with van der Waals surface area (Å²) in [5.41, 5.74) is 0.349. The zero-order valence-electron chi connectivity index (χ0n) is 13.2. The first-order chi connectivity index (χ1) is 10.5. The molecule has 0 unspecified atom stereocenters. The molecule has 1 aliphatic carbocycles. The third kappa shape index (κ3) is 3.27. The zero-order valence-corrected chi connectivity index (χ0v) is 14.0. The molecule has 1 N–H and O–H groups in total. The van der Waals surface area contributed by atoms with E-state index >= 15 is 0 Å². The van der Waals surface area contributed by atoms with Crippen molar-refractivity contribution >= 4 is 15.8 Å². The van der Waals surface area contributed by atoms with Gasteiger partial charge in [0.2, 0.25) is 10.0 Å². The monoisotopic (exact) mass is 323 g/mol. The van der Waals surface area contributed by atoms with Crippen molar-refractivity contribution in [3.63, 3.8) is 0 Å². The highest BCUT2D eigenvalue weighted by Crippen LogP contribution is 2.37. The second-order valence-corrected chi connectivity index (χ2v) is 8.80. The number of aromatic nitrogens is 1. The van der Waals surface area contributed by atoms with Gasteiger partial charge in [-0.1, -0.05) is 19.8 Å². The van der Waals surface area contributed by atoms with Gasteiger partial charge >= 0.3 is 0 Å². The lowest BCUT2D eigenvalue weighted by atomic mass is 9.89. The van der Waals surface area contributed by atoms with E-state index in [0.29, 0.717) is 23.4 Å². The van der Waals surface area contributed by atoms with Crippen molar-refractivity contribution in [2.75, 3.05) is 25.0 Å². The molecule has 0 bridgehead atoms. The summed E-state index contributed by atoms with van der Waals surface area (Å²) in [6.45, 7) is 4.46. The molecule has 2 heterocycles. The van der Waals surface area contributed by atoms with Crippen LogP contribution in [0.3, 0.4) is 0 Å². The topological polar surface area (TPSA) is 62.3 Å². The third-order valence-electron chi connectivity index (χ3n) is 4.95. The first kappa shape index (κ1) is 15.7. The number of rotatable bonds is 5. The van der Waals surface area contributed by atoms with Crippen LogP contribution in [-0.2, 0) is 10.0 Å². The highest BCUT2D eigenvalue weighted by atomic mass is 32.2. The maximum atomic E-state index is 12.4. The predicted molar refractivity (Wildman–Crippen MR) is 87.3 cm³/mol. The maximum Gasteiger partial charge on any atom is 0.244 e. The second kappa shape index (κ2) is 6.16. The lowest BCUT2D eigenvalue weighted by molar-refractivity contribution is 0.361. The van der Waals surface area contributed by atoms with Crippen LogP contribution in [-0.4, -0.2) is 37.3 Å². The van der Waals surface area contributed by atoms with Crippen LogP contribution >= 0.6 is 0 Å². The molecule has 2 aliphatic rings. The fourth-order valence-electron chi connectivity index (χ4n) is 3.42. The molecule has 1 saturated carbocycles. The first-order valence-electron chi connectivity index (χ1n) is 8.20. The average Bonchev–Trinajstić information content (AvgIpc) is 3.18. The molecule has 0 aromatic carbocycles. The number of pyridine rings is 1. The van der Waals surface area contributed by atoms with Gasteiger partial charge in [-0.25, -0.2) is 13.4 Å². The van der Waals surface area contributed by atoms with E-state index in [-0.39, 0.29) is 0 Å². The van der Waals surface area contributed by atoms with E-state index in [1.807, 2.05) is 0 Å². The van der Waals surface area contributed by atoms with Crippen LogP contribution < -0.4 is 5.32 Å². The molecule has 1 aromatic heterocycles. The molecule has 1 aliphatic heterocycles. The van der Waals surface area contributed by atoms with Gasteiger partial charge in [0.15, 0.2) is 0 Å². The van der Waals surface area contributed by atoms with Crippen LogP contribution in [0.1, 0.15) is 45.4 Å². The van der Waals surface area contributed by atoms with Gasteiger partial charge in [0.05, 0.1) is 0 Å². The summed E-state index contributed by atoms with van der Waals surface area (Å²) in [6, 6.07) is 3.45. The summed E-state index contributed by atoms with van der Waals surface area (Å²) < 4.78 is 26.4. The minimum absolute atomic E-state index is 0.298. The second-order valence-electron chi connectivity index (χ2n) is 6.86. The summed E-state index contributed by atoms with van der Waals surface area (Å²) >= 11 is 0. The molecule has 122 valence electrons. The molecule has 2 fully saturated rings. The smallest absolute Gasteiger partial charge is 0.244 e. The van der Waals surface area contributed by atoms with Gasteiger partial charge in [0.25, 0.3) is 0 Å². The van der Waals surface area contributed by atoms with Crippen molar-refractivity contribution < 1.29 is 8.42 Å². The summed E-state index contributed by atoms with van der Waals surface area (Å²) in [5.74, 6) is 0.758. The van der Waals surface area contributed by atoms with E-state index in [9.17, 15) is 8.42 Å². The molecular formula is C16H25N3O2S. The molecule has 1 aromatic rings. The Labute approximate surface area is 133 Å². The van der Waals surface area contributed by atoms with Gasteiger partial charge in [-0.3, -0.25) is 0 Å². The minimum Gasteiger partial charge on any atom is -0.370 e. The van der Waals surface area contributed by atoms with Crippen LogP contribution in [0.2, 0.25) is 0 Å². The Hall–Kier alpha value is -1.14. The van der Waals surface area contributed by atoms with E-state index in [1.165, 1.54) is 31.9 Å². The van der Waals surface area contributed by atoms with E-state index in [1.54, 1.807) is 16.4 Å². The van der Waals surface area contributed by atoms with Gasteiger partial charge in [0.1, 0.15) is 10.7 Å². The Morgan fingerprint density at radius 3 is 2.45 bits per heavy atom. The number of sulfonamides is 1. The van der Waals surface area contributed by atoms with Gasteiger partial charge in [-0.05, 0) is 43.2 Å². The molecule has 3 rings (SSSR count). The zero-order chi connectivity index (χ0) is 15.6. The number of hydrogen-bond donors (Lipinski definition) is 1. The van der Waals surface area contributed by atoms with Gasteiger partial charge in [-0.2, -0.15) is 4.31 Å². The fourth-order valence-corrected chi connectivity index (χ4v) is 4.89. The molecule has 1 saturated heterocycles. The lowest BCUT2D eigenvalue weighted by Crippen LogP contribution is -2.28. The van der Waals surface area contributed by atoms with Crippen molar-refractivity contribution in [1.29, 1.82) is 0 Å². The number of hydrogen-bond acceptors (Lipinski definition) is 4. The molecule has 6 heteroatoms. The third-order valence-corrected chi connectivity index (χ3v) is 6.83. The fraction of sp³-hybridized carbons (Fsp3) is 0.688. The van der Waals surface area contributed by atoms with E-state index < -0.39 is 10.0 Å². The molecule has 22 heavy (non-hydrogen) atoms. The number of nitrogens with zero attached hydrogens (tertiary/aromatic N) is 2. The highest BCUT2D eigenvalue weighted by molar-refractivity contribution is 7.89. The Balaban J connectivity index is 1.65. The molecule has 0 radical (unpaired) electrons. The Morgan fingerprint density at radius 2 is 1.86 bits per heavy atom. The Morgan fingerprint density at radius 1 is 1.18 bits per heavy atom. The summed E-state index contributed by atoms with van der Waals surface area (Å²) in [4.78, 5) is 4.59. The van der Waals surface area contributed by atoms with Crippen LogP contribution in [0.25, 0.3) is 0 Å². The molecular weight excluding hydrogens is 298 g/mol. The van der Waals surface area contributed by atoms with Crippen LogP contribution in [0.5, 0.6) is 0 Å². The van der Waals surface area contributed by atoms with Crippen molar-refractivity contribution in [2.24, 2.45) is 5.41 Å². The van der Waals surface area contributed by atoms with Crippen molar-refractivity contribution in [3.05, 3.63) is 18.3 Å². The average molecular weight is 323 g/mol. The summed E-state index contributed by atoms with van der Waals surface area (Å²) in [6.07, 6.45) is 8.49. The SMILES string of the molecule is CC1(CNc2ccc(S(=O)(=O)N3CCCC3)cn2)CCCC1. The summed E-state index contributed by atoms with van der Waals surface area (Å²) in [5, 5.41) is 3.36. The van der Waals surface area contributed by atoms with Crippen LogP contribution in [0, 0.1) is 5.41 Å². The van der Waals surface area contributed by atoms with E-state index in [4.69, 9.17) is 0 Å². The van der Waals surface area contributed by atoms with Gasteiger partial charge < -0.3 is 5.32 Å². The van der Waals surface area contributed by atoms with Crippen LogP contribution in [0.15, 0.2) is 23.2 Å². The predicted octanol–water partition coefficient (Wildman–Crippen LogP) is 2.86. The largest absolute Gasteiger partial charge is 0.370 e. The van der Waals surface area contributed by atoms with Crippen LogP contribution in [0.4, 0.5) is 5.82 Å². The first-order valence-corrected chi connectivity index (χ1v) is 9.64. The minimum atomic E-state index is -3.36. The normalized spacial score (nSPS) is 22.0.